The molecule has 1 aromatic rings. The fourth-order valence-corrected chi connectivity index (χ4v) is 2.46. The second-order valence-electron chi connectivity index (χ2n) is 5.40. The van der Waals surface area contributed by atoms with Gasteiger partial charge in [0.1, 0.15) is 0 Å². The molecule has 2 rings (SSSR count). The van der Waals surface area contributed by atoms with Gasteiger partial charge in [0.05, 0.1) is 6.42 Å². The van der Waals surface area contributed by atoms with Crippen LogP contribution in [0.4, 0.5) is 10.5 Å². The molecule has 114 valence electrons. The van der Waals surface area contributed by atoms with Crippen molar-refractivity contribution < 1.29 is 14.7 Å². The summed E-state index contributed by atoms with van der Waals surface area (Å²) in [6, 6.07) is 6.86. The van der Waals surface area contributed by atoms with Gasteiger partial charge in [-0.25, -0.2) is 4.79 Å². The average molecular weight is 291 g/mol. The summed E-state index contributed by atoms with van der Waals surface area (Å²) in [4.78, 5) is 25.1. The highest BCUT2D eigenvalue weighted by Gasteiger charge is 2.18. The molecule has 0 atom stereocenters. The summed E-state index contributed by atoms with van der Waals surface area (Å²) in [5, 5.41) is 14.6. The van der Waals surface area contributed by atoms with E-state index in [2.05, 4.69) is 22.6 Å². The van der Waals surface area contributed by atoms with Crippen molar-refractivity contribution in [2.24, 2.45) is 0 Å². The van der Waals surface area contributed by atoms with Crippen molar-refractivity contribution in [2.45, 2.75) is 25.3 Å². The Hall–Kier alpha value is -2.08. The molecule has 0 bridgehead atoms. The number of carboxylic acids is 1. The monoisotopic (exact) mass is 291 g/mol. The molecule has 6 nitrogen and oxygen atoms in total. The standard InChI is InChI=1S/C15H21N3O3/c1-18-8-6-12(7-9-18)16-15(21)17-13-5-3-2-4-11(13)10-14(19)20/h2-5,12H,6-10H2,1H3,(H,19,20)(H2,16,17,21). The number of carboxylic acid groups (broad SMARTS) is 1. The molecule has 0 unspecified atom stereocenters. The summed E-state index contributed by atoms with van der Waals surface area (Å²) in [6.07, 6.45) is 1.76. The first-order chi connectivity index (χ1) is 10.0. The van der Waals surface area contributed by atoms with E-state index in [4.69, 9.17) is 5.11 Å². The van der Waals surface area contributed by atoms with Crippen molar-refractivity contribution in [3.05, 3.63) is 29.8 Å². The molecule has 1 heterocycles. The largest absolute Gasteiger partial charge is 0.481 e. The number of aliphatic carboxylic acids is 1. The maximum Gasteiger partial charge on any atom is 0.319 e. The molecular formula is C15H21N3O3. The van der Waals surface area contributed by atoms with E-state index in [9.17, 15) is 9.59 Å². The van der Waals surface area contributed by atoms with E-state index in [-0.39, 0.29) is 18.5 Å². The topological polar surface area (TPSA) is 81.7 Å². The minimum atomic E-state index is -0.917. The number of rotatable bonds is 4. The van der Waals surface area contributed by atoms with Crippen LogP contribution in [0.5, 0.6) is 0 Å². The third kappa shape index (κ3) is 4.75. The van der Waals surface area contributed by atoms with E-state index in [1.54, 1.807) is 24.3 Å². The van der Waals surface area contributed by atoms with Crippen LogP contribution in [-0.4, -0.2) is 48.2 Å². The van der Waals surface area contributed by atoms with Crippen molar-refractivity contribution in [1.29, 1.82) is 0 Å². The number of para-hydroxylation sites is 1. The van der Waals surface area contributed by atoms with E-state index in [1.165, 1.54) is 0 Å². The maximum atomic E-state index is 12.0. The molecule has 0 aromatic heterocycles. The van der Waals surface area contributed by atoms with Crippen LogP contribution < -0.4 is 10.6 Å². The molecule has 21 heavy (non-hydrogen) atoms. The fraction of sp³-hybridized carbons (Fsp3) is 0.467. The number of nitrogens with one attached hydrogen (secondary N) is 2. The number of likely N-dealkylation sites (tertiary alicyclic amines) is 1. The summed E-state index contributed by atoms with van der Waals surface area (Å²) in [5.41, 5.74) is 1.15. The van der Waals surface area contributed by atoms with E-state index < -0.39 is 5.97 Å². The van der Waals surface area contributed by atoms with Gasteiger partial charge in [-0.15, -0.1) is 0 Å². The maximum absolute atomic E-state index is 12.0. The van der Waals surface area contributed by atoms with Crippen molar-refractivity contribution >= 4 is 17.7 Å². The summed E-state index contributed by atoms with van der Waals surface area (Å²) < 4.78 is 0. The van der Waals surface area contributed by atoms with Crippen molar-refractivity contribution in [2.75, 3.05) is 25.5 Å². The average Bonchev–Trinajstić information content (AvgIpc) is 2.43. The number of carbonyl (C=O) groups excluding carboxylic acids is 1. The van der Waals surface area contributed by atoms with Gasteiger partial charge in [-0.2, -0.15) is 0 Å². The van der Waals surface area contributed by atoms with Crippen molar-refractivity contribution in [1.82, 2.24) is 10.2 Å². The van der Waals surface area contributed by atoms with Gasteiger partial charge in [0.15, 0.2) is 0 Å². The van der Waals surface area contributed by atoms with E-state index in [0.29, 0.717) is 11.3 Å². The quantitative estimate of drug-likeness (QED) is 0.786. The van der Waals surface area contributed by atoms with Gasteiger partial charge in [0, 0.05) is 11.7 Å². The first-order valence-electron chi connectivity index (χ1n) is 7.10. The normalized spacial score (nSPS) is 16.4. The lowest BCUT2D eigenvalue weighted by molar-refractivity contribution is -0.136. The molecule has 1 aliphatic rings. The van der Waals surface area contributed by atoms with E-state index >= 15 is 0 Å². The summed E-state index contributed by atoms with van der Waals surface area (Å²) >= 11 is 0. The summed E-state index contributed by atoms with van der Waals surface area (Å²) in [6.45, 7) is 1.95. The smallest absolute Gasteiger partial charge is 0.319 e. The molecule has 1 saturated heterocycles. The number of nitrogens with zero attached hydrogens (tertiary/aromatic N) is 1. The van der Waals surface area contributed by atoms with Crippen LogP contribution in [0, 0.1) is 0 Å². The zero-order valence-corrected chi connectivity index (χ0v) is 12.1. The zero-order valence-electron chi connectivity index (χ0n) is 12.1. The Morgan fingerprint density at radius 1 is 1.29 bits per heavy atom. The summed E-state index contributed by atoms with van der Waals surface area (Å²) in [5.74, 6) is -0.917. The van der Waals surface area contributed by atoms with Crippen LogP contribution in [0.3, 0.4) is 0 Å². The second-order valence-corrected chi connectivity index (χ2v) is 5.40. The lowest BCUT2D eigenvalue weighted by Gasteiger charge is -2.29. The Bertz CT molecular complexity index is 511. The molecule has 1 aliphatic heterocycles. The minimum absolute atomic E-state index is 0.106. The van der Waals surface area contributed by atoms with Crippen molar-refractivity contribution in [3.8, 4) is 0 Å². The third-order valence-electron chi connectivity index (χ3n) is 3.66. The minimum Gasteiger partial charge on any atom is -0.481 e. The summed E-state index contributed by atoms with van der Waals surface area (Å²) in [7, 11) is 2.07. The first-order valence-corrected chi connectivity index (χ1v) is 7.10. The molecule has 3 N–H and O–H groups in total. The molecule has 0 spiro atoms. The number of carbonyl (C=O) groups is 2. The van der Waals surface area contributed by atoms with E-state index in [0.717, 1.165) is 25.9 Å². The molecule has 0 radical (unpaired) electrons. The zero-order chi connectivity index (χ0) is 15.2. The molecule has 1 aromatic carbocycles. The van der Waals surface area contributed by atoms with Crippen LogP contribution in [0.2, 0.25) is 0 Å². The van der Waals surface area contributed by atoms with Gasteiger partial charge >= 0.3 is 12.0 Å². The van der Waals surface area contributed by atoms with E-state index in [1.807, 2.05) is 0 Å². The highest BCUT2D eigenvalue weighted by atomic mass is 16.4. The number of hydrogen-bond acceptors (Lipinski definition) is 3. The highest BCUT2D eigenvalue weighted by Crippen LogP contribution is 2.16. The van der Waals surface area contributed by atoms with Crippen LogP contribution >= 0.6 is 0 Å². The first kappa shape index (κ1) is 15.3. The Morgan fingerprint density at radius 2 is 1.95 bits per heavy atom. The highest BCUT2D eigenvalue weighted by molar-refractivity contribution is 5.91. The molecule has 0 aliphatic carbocycles. The number of urea groups is 1. The molecule has 1 fully saturated rings. The third-order valence-corrected chi connectivity index (χ3v) is 3.66. The van der Waals surface area contributed by atoms with Gasteiger partial charge in [-0.1, -0.05) is 18.2 Å². The molecule has 0 saturated carbocycles. The number of piperidine rings is 1. The Balaban J connectivity index is 1.92. The van der Waals surface area contributed by atoms with Gasteiger partial charge in [-0.05, 0) is 44.6 Å². The molecule has 2 amide bonds. The van der Waals surface area contributed by atoms with Gasteiger partial charge < -0.3 is 20.6 Å². The van der Waals surface area contributed by atoms with Gasteiger partial charge in [0.2, 0.25) is 0 Å². The Labute approximate surface area is 124 Å². The van der Waals surface area contributed by atoms with Crippen LogP contribution in [-0.2, 0) is 11.2 Å². The fourth-order valence-electron chi connectivity index (χ4n) is 2.46. The van der Waals surface area contributed by atoms with Crippen molar-refractivity contribution in [3.63, 3.8) is 0 Å². The van der Waals surface area contributed by atoms with Crippen LogP contribution in [0.15, 0.2) is 24.3 Å². The second kappa shape index (κ2) is 7.08. The number of hydrogen-bond donors (Lipinski definition) is 3. The number of amides is 2. The lowest BCUT2D eigenvalue weighted by atomic mass is 10.1. The van der Waals surface area contributed by atoms with Gasteiger partial charge in [-0.3, -0.25) is 4.79 Å². The van der Waals surface area contributed by atoms with Crippen LogP contribution in [0.25, 0.3) is 0 Å². The predicted octanol–water partition coefficient (Wildman–Crippen LogP) is 1.53. The number of benzene rings is 1. The number of anilines is 1. The lowest BCUT2D eigenvalue weighted by Crippen LogP contribution is -2.44. The Kier molecular flexibility index (Phi) is 5.16. The molecule has 6 heteroatoms. The molecular weight excluding hydrogens is 270 g/mol. The SMILES string of the molecule is CN1CCC(NC(=O)Nc2ccccc2CC(=O)O)CC1. The Morgan fingerprint density at radius 3 is 2.62 bits per heavy atom. The predicted molar refractivity (Wildman–Crippen MR) is 80.5 cm³/mol. The van der Waals surface area contributed by atoms with Gasteiger partial charge in [0.25, 0.3) is 0 Å². The van der Waals surface area contributed by atoms with Crippen LogP contribution in [0.1, 0.15) is 18.4 Å².